The second-order valence-electron chi connectivity index (χ2n) is 5.54. The summed E-state index contributed by atoms with van der Waals surface area (Å²) < 4.78 is 5.99. The number of aliphatic carboxylic acids is 1. The summed E-state index contributed by atoms with van der Waals surface area (Å²) in [5.41, 5.74) is 1.17. The van der Waals surface area contributed by atoms with Crippen LogP contribution in [-0.4, -0.2) is 42.2 Å². The molecule has 0 aliphatic carbocycles. The lowest BCUT2D eigenvalue weighted by molar-refractivity contribution is -0.137. The fraction of sp³-hybridized carbons (Fsp3) is 0.562. The van der Waals surface area contributed by atoms with E-state index in [1.807, 2.05) is 24.3 Å². The number of hydrogen-bond acceptors (Lipinski definition) is 3. The molecule has 0 aromatic heterocycles. The highest BCUT2D eigenvalue weighted by atomic mass is 16.5. The number of aryl methyl sites for hydroxylation is 1. The zero-order valence-electron chi connectivity index (χ0n) is 12.0. The van der Waals surface area contributed by atoms with Gasteiger partial charge >= 0.3 is 5.97 Å². The van der Waals surface area contributed by atoms with Gasteiger partial charge in [-0.1, -0.05) is 12.1 Å². The van der Waals surface area contributed by atoms with Gasteiger partial charge in [0.2, 0.25) is 0 Å². The number of hydrogen-bond donors (Lipinski definition) is 1. The molecule has 1 aromatic rings. The average Bonchev–Trinajstić information content (AvgIpc) is 2.40. The molecule has 110 valence electrons. The molecule has 1 atom stereocenters. The lowest BCUT2D eigenvalue weighted by atomic mass is 10.1. The molecule has 2 rings (SSSR count). The Kier molecular flexibility index (Phi) is 5.41. The molecule has 0 radical (unpaired) electrons. The molecule has 1 N–H and O–H groups in total. The van der Waals surface area contributed by atoms with Gasteiger partial charge in [-0.2, -0.15) is 0 Å². The predicted molar refractivity (Wildman–Crippen MR) is 78.2 cm³/mol. The van der Waals surface area contributed by atoms with Gasteiger partial charge in [0, 0.05) is 13.0 Å². The quantitative estimate of drug-likeness (QED) is 0.868. The largest absolute Gasteiger partial charge is 0.489 e. The van der Waals surface area contributed by atoms with E-state index in [1.165, 1.54) is 12.0 Å². The molecule has 1 aliphatic heterocycles. The summed E-state index contributed by atoms with van der Waals surface area (Å²) in [6, 6.07) is 8.04. The minimum Gasteiger partial charge on any atom is -0.489 e. The van der Waals surface area contributed by atoms with Gasteiger partial charge in [-0.25, -0.2) is 0 Å². The monoisotopic (exact) mass is 277 g/mol. The number of carboxylic acids is 1. The van der Waals surface area contributed by atoms with Crippen LogP contribution in [0.3, 0.4) is 0 Å². The van der Waals surface area contributed by atoms with Crippen LogP contribution in [0.1, 0.15) is 31.2 Å². The Morgan fingerprint density at radius 1 is 1.40 bits per heavy atom. The van der Waals surface area contributed by atoms with Crippen molar-refractivity contribution in [2.24, 2.45) is 0 Å². The number of carboxylic acid groups (broad SMARTS) is 1. The third kappa shape index (κ3) is 4.85. The number of rotatable bonds is 6. The zero-order chi connectivity index (χ0) is 14.4. The van der Waals surface area contributed by atoms with Crippen LogP contribution in [0.25, 0.3) is 0 Å². The van der Waals surface area contributed by atoms with Crippen molar-refractivity contribution in [1.29, 1.82) is 0 Å². The number of likely N-dealkylation sites (N-methyl/N-ethyl adjacent to an activating group) is 1. The lowest BCUT2D eigenvalue weighted by Crippen LogP contribution is -2.38. The van der Waals surface area contributed by atoms with E-state index in [2.05, 4.69) is 11.9 Å². The van der Waals surface area contributed by atoms with Crippen molar-refractivity contribution >= 4 is 5.97 Å². The first-order valence-electron chi connectivity index (χ1n) is 7.29. The van der Waals surface area contributed by atoms with Crippen LogP contribution in [0, 0.1) is 0 Å². The third-order valence-electron chi connectivity index (χ3n) is 3.66. The first-order chi connectivity index (χ1) is 9.63. The molecule has 1 aliphatic rings. The van der Waals surface area contributed by atoms with E-state index in [0.29, 0.717) is 6.42 Å². The number of piperidine rings is 1. The van der Waals surface area contributed by atoms with E-state index in [0.717, 1.165) is 31.7 Å². The summed E-state index contributed by atoms with van der Waals surface area (Å²) in [6.45, 7) is 2.14. The second kappa shape index (κ2) is 7.29. The van der Waals surface area contributed by atoms with Crippen molar-refractivity contribution in [1.82, 2.24) is 4.90 Å². The van der Waals surface area contributed by atoms with E-state index in [4.69, 9.17) is 9.84 Å². The molecule has 0 saturated carbocycles. The van der Waals surface area contributed by atoms with Crippen molar-refractivity contribution in [2.45, 2.75) is 38.2 Å². The summed E-state index contributed by atoms with van der Waals surface area (Å²) >= 11 is 0. The first-order valence-corrected chi connectivity index (χ1v) is 7.29. The van der Waals surface area contributed by atoms with Gasteiger partial charge in [0.05, 0.1) is 0 Å². The van der Waals surface area contributed by atoms with E-state index < -0.39 is 5.97 Å². The number of carbonyl (C=O) groups is 1. The van der Waals surface area contributed by atoms with Crippen LogP contribution in [0.4, 0.5) is 0 Å². The highest BCUT2D eigenvalue weighted by molar-refractivity contribution is 5.66. The molecule has 0 bridgehead atoms. The highest BCUT2D eigenvalue weighted by Crippen LogP contribution is 2.19. The number of likely N-dealkylation sites (tertiary alicyclic amines) is 1. The maximum absolute atomic E-state index is 10.5. The average molecular weight is 277 g/mol. The molecule has 1 aromatic carbocycles. The summed E-state index contributed by atoms with van der Waals surface area (Å²) in [5.74, 6) is 0.179. The molecule has 0 amide bonds. The predicted octanol–water partition coefficient (Wildman–Crippen LogP) is 2.57. The third-order valence-corrected chi connectivity index (χ3v) is 3.66. The maximum Gasteiger partial charge on any atom is 0.303 e. The van der Waals surface area contributed by atoms with Crippen molar-refractivity contribution in [3.8, 4) is 5.75 Å². The molecule has 1 heterocycles. The van der Waals surface area contributed by atoms with E-state index >= 15 is 0 Å². The van der Waals surface area contributed by atoms with Gasteiger partial charge in [0.1, 0.15) is 11.9 Å². The Morgan fingerprint density at radius 3 is 2.80 bits per heavy atom. The lowest BCUT2D eigenvalue weighted by Gasteiger charge is -2.30. The fourth-order valence-electron chi connectivity index (χ4n) is 2.59. The molecular weight excluding hydrogens is 254 g/mol. The summed E-state index contributed by atoms with van der Waals surface area (Å²) in [7, 11) is 2.13. The SMILES string of the molecule is CN1CCCC(Oc2ccc(CCCC(=O)O)cc2)C1. The molecule has 1 saturated heterocycles. The van der Waals surface area contributed by atoms with Gasteiger partial charge < -0.3 is 14.7 Å². The van der Waals surface area contributed by atoms with Crippen LogP contribution >= 0.6 is 0 Å². The normalized spacial score (nSPS) is 19.8. The topological polar surface area (TPSA) is 49.8 Å². The van der Waals surface area contributed by atoms with Crippen LogP contribution in [0.2, 0.25) is 0 Å². The number of benzene rings is 1. The van der Waals surface area contributed by atoms with Gasteiger partial charge in [0.25, 0.3) is 0 Å². The fourth-order valence-corrected chi connectivity index (χ4v) is 2.59. The van der Waals surface area contributed by atoms with Crippen LogP contribution in [0.15, 0.2) is 24.3 Å². The number of ether oxygens (including phenoxy) is 1. The van der Waals surface area contributed by atoms with Gasteiger partial charge in [-0.05, 0) is 57.0 Å². The molecule has 4 nitrogen and oxygen atoms in total. The highest BCUT2D eigenvalue weighted by Gasteiger charge is 2.18. The standard InChI is InChI=1S/C16H23NO3/c1-17-11-3-5-15(12-17)20-14-9-7-13(8-10-14)4-2-6-16(18)19/h7-10,15H,2-6,11-12H2,1H3,(H,18,19). The summed E-state index contributed by atoms with van der Waals surface area (Å²) in [6.07, 6.45) is 4.31. The Morgan fingerprint density at radius 2 is 2.15 bits per heavy atom. The summed E-state index contributed by atoms with van der Waals surface area (Å²) in [4.78, 5) is 12.8. The Hall–Kier alpha value is -1.55. The van der Waals surface area contributed by atoms with Crippen LogP contribution < -0.4 is 4.74 Å². The van der Waals surface area contributed by atoms with Crippen molar-refractivity contribution in [2.75, 3.05) is 20.1 Å². The molecule has 1 unspecified atom stereocenters. The van der Waals surface area contributed by atoms with Crippen molar-refractivity contribution in [3.05, 3.63) is 29.8 Å². The molecular formula is C16H23NO3. The molecule has 0 spiro atoms. The van der Waals surface area contributed by atoms with Crippen molar-refractivity contribution in [3.63, 3.8) is 0 Å². The zero-order valence-corrected chi connectivity index (χ0v) is 12.0. The Balaban J connectivity index is 1.80. The molecule has 20 heavy (non-hydrogen) atoms. The summed E-state index contributed by atoms with van der Waals surface area (Å²) in [5, 5.41) is 8.62. The Labute approximate surface area is 120 Å². The molecule has 4 heteroatoms. The second-order valence-corrected chi connectivity index (χ2v) is 5.54. The van der Waals surface area contributed by atoms with E-state index in [-0.39, 0.29) is 12.5 Å². The molecule has 1 fully saturated rings. The minimum atomic E-state index is -0.730. The van der Waals surface area contributed by atoms with Gasteiger partial charge in [0.15, 0.2) is 0 Å². The van der Waals surface area contributed by atoms with Crippen LogP contribution in [0.5, 0.6) is 5.75 Å². The Bertz CT molecular complexity index is 430. The van der Waals surface area contributed by atoms with Crippen LogP contribution in [-0.2, 0) is 11.2 Å². The number of nitrogens with zero attached hydrogens (tertiary/aromatic N) is 1. The van der Waals surface area contributed by atoms with Gasteiger partial charge in [-0.15, -0.1) is 0 Å². The van der Waals surface area contributed by atoms with Gasteiger partial charge in [-0.3, -0.25) is 4.79 Å². The maximum atomic E-state index is 10.5. The van der Waals surface area contributed by atoms with Crippen molar-refractivity contribution < 1.29 is 14.6 Å². The minimum absolute atomic E-state index is 0.229. The van der Waals surface area contributed by atoms with E-state index in [1.54, 1.807) is 0 Å². The van der Waals surface area contributed by atoms with E-state index in [9.17, 15) is 4.79 Å². The smallest absolute Gasteiger partial charge is 0.303 e. The first kappa shape index (κ1) is 14.9.